The van der Waals surface area contributed by atoms with Crippen LogP contribution in [0.4, 0.5) is 0 Å². The molecule has 5 nitrogen and oxygen atoms in total. The van der Waals surface area contributed by atoms with E-state index in [-0.39, 0.29) is 17.9 Å². The largest absolute Gasteiger partial charge is 0.348 e. The fourth-order valence-corrected chi connectivity index (χ4v) is 3.21. The second-order valence-electron chi connectivity index (χ2n) is 7.41. The van der Waals surface area contributed by atoms with E-state index >= 15 is 0 Å². The molecule has 0 radical (unpaired) electrons. The summed E-state index contributed by atoms with van der Waals surface area (Å²) < 4.78 is 0. The van der Waals surface area contributed by atoms with Gasteiger partial charge in [-0.25, -0.2) is 0 Å². The van der Waals surface area contributed by atoms with Gasteiger partial charge in [0.1, 0.15) is 0 Å². The van der Waals surface area contributed by atoms with Crippen LogP contribution in [0.2, 0.25) is 0 Å². The van der Waals surface area contributed by atoms with Crippen molar-refractivity contribution in [1.29, 1.82) is 0 Å². The van der Waals surface area contributed by atoms with Gasteiger partial charge < -0.3 is 10.2 Å². The zero-order chi connectivity index (χ0) is 18.4. The molecule has 0 bridgehead atoms. The van der Waals surface area contributed by atoms with E-state index in [4.69, 9.17) is 0 Å². The van der Waals surface area contributed by atoms with Crippen molar-refractivity contribution in [2.45, 2.75) is 40.2 Å². The van der Waals surface area contributed by atoms with Gasteiger partial charge in [0, 0.05) is 33.1 Å². The van der Waals surface area contributed by atoms with Crippen LogP contribution < -0.4 is 5.32 Å². The van der Waals surface area contributed by atoms with Crippen molar-refractivity contribution < 1.29 is 9.59 Å². The van der Waals surface area contributed by atoms with Crippen LogP contribution in [0.25, 0.3) is 0 Å². The Balaban J connectivity index is 1.79. The first-order valence-corrected chi connectivity index (χ1v) is 9.21. The van der Waals surface area contributed by atoms with E-state index in [2.05, 4.69) is 48.3 Å². The number of carbonyl (C=O) groups excluding carboxylic acids is 2. The van der Waals surface area contributed by atoms with E-state index in [1.807, 2.05) is 11.8 Å². The van der Waals surface area contributed by atoms with Gasteiger partial charge in [-0.2, -0.15) is 0 Å². The molecule has 2 amide bonds. The summed E-state index contributed by atoms with van der Waals surface area (Å²) in [5.74, 6) is 0.792. The number of nitrogens with one attached hydrogen (secondary N) is 1. The summed E-state index contributed by atoms with van der Waals surface area (Å²) in [5.41, 5.74) is 2.46. The fraction of sp³-hybridized carbons (Fsp3) is 0.600. The van der Waals surface area contributed by atoms with Crippen molar-refractivity contribution in [3.05, 3.63) is 35.4 Å². The number of carbonyl (C=O) groups is 2. The minimum atomic E-state index is -0.000825. The zero-order valence-electron chi connectivity index (χ0n) is 15.9. The SMILES string of the molecule is CC(=O)N1CCN(CC(=O)N[C@H](C)c2ccc(CC(C)C)cc2)CC1. The lowest BCUT2D eigenvalue weighted by Gasteiger charge is -2.33. The summed E-state index contributed by atoms with van der Waals surface area (Å²) in [6.07, 6.45) is 1.08. The van der Waals surface area contributed by atoms with Crippen molar-refractivity contribution in [2.24, 2.45) is 5.92 Å². The normalized spacial score (nSPS) is 16.8. The molecule has 1 aliphatic heterocycles. The van der Waals surface area contributed by atoms with Gasteiger partial charge in [0.2, 0.25) is 11.8 Å². The van der Waals surface area contributed by atoms with Crippen molar-refractivity contribution in [3.8, 4) is 0 Å². The van der Waals surface area contributed by atoms with Crippen molar-refractivity contribution in [3.63, 3.8) is 0 Å². The highest BCUT2D eigenvalue weighted by Gasteiger charge is 2.20. The summed E-state index contributed by atoms with van der Waals surface area (Å²) in [5, 5.41) is 3.08. The lowest BCUT2D eigenvalue weighted by atomic mass is 10.00. The van der Waals surface area contributed by atoms with Crippen LogP contribution in [0.3, 0.4) is 0 Å². The van der Waals surface area contributed by atoms with Gasteiger partial charge in [-0.1, -0.05) is 38.1 Å². The molecule has 1 fully saturated rings. The van der Waals surface area contributed by atoms with Crippen LogP contribution in [-0.2, 0) is 16.0 Å². The van der Waals surface area contributed by atoms with Crippen molar-refractivity contribution >= 4 is 11.8 Å². The molecule has 2 rings (SSSR count). The number of piperazine rings is 1. The van der Waals surface area contributed by atoms with Gasteiger partial charge in [-0.3, -0.25) is 14.5 Å². The smallest absolute Gasteiger partial charge is 0.234 e. The Morgan fingerprint density at radius 3 is 2.16 bits per heavy atom. The summed E-state index contributed by atoms with van der Waals surface area (Å²) in [6, 6.07) is 8.51. The van der Waals surface area contributed by atoms with Crippen LogP contribution in [0.1, 0.15) is 44.9 Å². The van der Waals surface area contributed by atoms with Gasteiger partial charge >= 0.3 is 0 Å². The highest BCUT2D eigenvalue weighted by molar-refractivity contribution is 5.78. The highest BCUT2D eigenvalue weighted by Crippen LogP contribution is 2.15. The van der Waals surface area contributed by atoms with Crippen molar-refractivity contribution in [2.75, 3.05) is 32.7 Å². The average molecular weight is 345 g/mol. The summed E-state index contributed by atoms with van der Waals surface area (Å²) in [4.78, 5) is 27.6. The van der Waals surface area contributed by atoms with Crippen LogP contribution in [0.5, 0.6) is 0 Å². The molecule has 0 saturated carbocycles. The molecule has 1 saturated heterocycles. The van der Waals surface area contributed by atoms with E-state index in [9.17, 15) is 9.59 Å². The molecule has 25 heavy (non-hydrogen) atoms. The van der Waals surface area contributed by atoms with Gasteiger partial charge in [0.05, 0.1) is 12.6 Å². The molecule has 1 aromatic carbocycles. The van der Waals surface area contributed by atoms with E-state index in [1.54, 1.807) is 6.92 Å². The lowest BCUT2D eigenvalue weighted by molar-refractivity contribution is -0.131. The number of hydrogen-bond donors (Lipinski definition) is 1. The Hall–Kier alpha value is -1.88. The molecule has 138 valence electrons. The minimum Gasteiger partial charge on any atom is -0.348 e. The minimum absolute atomic E-state index is 0.000825. The second-order valence-corrected chi connectivity index (χ2v) is 7.41. The lowest BCUT2D eigenvalue weighted by Crippen LogP contribution is -2.50. The fourth-order valence-electron chi connectivity index (χ4n) is 3.21. The first kappa shape index (κ1) is 19.4. The zero-order valence-corrected chi connectivity index (χ0v) is 15.9. The van der Waals surface area contributed by atoms with E-state index in [0.29, 0.717) is 25.6 Å². The van der Waals surface area contributed by atoms with Crippen LogP contribution in [0.15, 0.2) is 24.3 Å². The summed E-state index contributed by atoms with van der Waals surface area (Å²) in [7, 11) is 0. The maximum atomic E-state index is 12.3. The van der Waals surface area contributed by atoms with Crippen LogP contribution >= 0.6 is 0 Å². The molecule has 1 aliphatic rings. The van der Waals surface area contributed by atoms with Gasteiger partial charge in [0.25, 0.3) is 0 Å². The third-order valence-electron chi connectivity index (χ3n) is 4.69. The number of amides is 2. The van der Waals surface area contributed by atoms with Crippen LogP contribution in [-0.4, -0.2) is 54.3 Å². The monoisotopic (exact) mass is 345 g/mol. The number of nitrogens with zero attached hydrogens (tertiary/aromatic N) is 2. The Labute approximate surface area is 151 Å². The average Bonchev–Trinajstić information content (AvgIpc) is 2.55. The van der Waals surface area contributed by atoms with Crippen molar-refractivity contribution in [1.82, 2.24) is 15.1 Å². The first-order valence-electron chi connectivity index (χ1n) is 9.21. The molecular weight excluding hydrogens is 314 g/mol. The number of rotatable bonds is 6. The molecule has 1 atom stereocenters. The molecule has 0 aliphatic carbocycles. The predicted molar refractivity (Wildman–Crippen MR) is 100 cm³/mol. The van der Waals surface area contributed by atoms with Gasteiger partial charge in [-0.05, 0) is 30.4 Å². The van der Waals surface area contributed by atoms with E-state index < -0.39 is 0 Å². The quantitative estimate of drug-likeness (QED) is 0.860. The Morgan fingerprint density at radius 2 is 1.64 bits per heavy atom. The molecule has 1 aromatic rings. The van der Waals surface area contributed by atoms with Crippen LogP contribution in [0, 0.1) is 5.92 Å². The van der Waals surface area contributed by atoms with E-state index in [0.717, 1.165) is 25.1 Å². The predicted octanol–water partition coefficient (Wildman–Crippen LogP) is 2.23. The Bertz CT molecular complexity index is 575. The van der Waals surface area contributed by atoms with E-state index in [1.165, 1.54) is 5.56 Å². The molecule has 0 spiro atoms. The van der Waals surface area contributed by atoms with Gasteiger partial charge in [-0.15, -0.1) is 0 Å². The maximum Gasteiger partial charge on any atom is 0.234 e. The Kier molecular flexibility index (Phi) is 7.00. The molecule has 0 aromatic heterocycles. The number of hydrogen-bond acceptors (Lipinski definition) is 3. The number of benzene rings is 1. The maximum absolute atomic E-state index is 12.3. The third kappa shape index (κ3) is 6.16. The molecule has 5 heteroatoms. The Morgan fingerprint density at radius 1 is 1.04 bits per heavy atom. The summed E-state index contributed by atoms with van der Waals surface area (Å²) in [6.45, 7) is 11.3. The third-order valence-corrected chi connectivity index (χ3v) is 4.69. The first-order chi connectivity index (χ1) is 11.8. The molecule has 1 N–H and O–H groups in total. The molecule has 1 heterocycles. The second kappa shape index (κ2) is 8.99. The molecular formula is C20H31N3O2. The van der Waals surface area contributed by atoms with Gasteiger partial charge in [0.15, 0.2) is 0 Å². The standard InChI is InChI=1S/C20H31N3O2/c1-15(2)13-18-5-7-19(8-6-18)16(3)21-20(25)14-22-9-11-23(12-10-22)17(4)24/h5-8,15-16H,9-14H2,1-4H3,(H,21,25)/t16-/m1/s1. The topological polar surface area (TPSA) is 52.7 Å². The highest BCUT2D eigenvalue weighted by atomic mass is 16.2. The summed E-state index contributed by atoms with van der Waals surface area (Å²) >= 11 is 0. The molecule has 0 unspecified atom stereocenters.